The van der Waals surface area contributed by atoms with Gasteiger partial charge in [0.2, 0.25) is 0 Å². The number of hydrogen-bond donors (Lipinski definition) is 0. The number of benzene rings is 2. The Morgan fingerprint density at radius 2 is 1.95 bits per heavy atom. The molecule has 0 aliphatic heterocycles. The Morgan fingerprint density at radius 1 is 1.21 bits per heavy atom. The summed E-state index contributed by atoms with van der Waals surface area (Å²) >= 11 is 11.6. The number of carbonyl (C=O) groups excluding carboxylic acids is 1. The number of halogens is 3. The molecule has 2 aromatic rings. The molecule has 0 bridgehead atoms. The number of hydrogen-bond acceptors (Lipinski definition) is 1. The van der Waals surface area contributed by atoms with Crippen LogP contribution in [-0.2, 0) is 6.42 Å². The largest absolute Gasteiger partial charge is 0.294 e. The average Bonchev–Trinajstić information content (AvgIpc) is 2.36. The molecule has 2 rings (SSSR count). The topological polar surface area (TPSA) is 17.1 Å². The van der Waals surface area contributed by atoms with Crippen LogP contribution in [0.5, 0.6) is 0 Å². The van der Waals surface area contributed by atoms with E-state index in [9.17, 15) is 9.18 Å². The Balaban J connectivity index is 2.28. The number of Topliss-reactive ketones (excluding diaryl/α,β-unsaturated/α-hetero) is 1. The quantitative estimate of drug-likeness (QED) is 0.739. The van der Waals surface area contributed by atoms with Crippen molar-refractivity contribution >= 4 is 29.0 Å². The van der Waals surface area contributed by atoms with Gasteiger partial charge in [0, 0.05) is 22.0 Å². The number of carbonyl (C=O) groups is 1. The minimum Gasteiger partial charge on any atom is -0.294 e. The van der Waals surface area contributed by atoms with Gasteiger partial charge in [-0.15, -0.1) is 0 Å². The number of ketones is 1. The summed E-state index contributed by atoms with van der Waals surface area (Å²) in [5.74, 6) is -0.637. The van der Waals surface area contributed by atoms with Crippen molar-refractivity contribution in [1.29, 1.82) is 0 Å². The molecule has 0 aliphatic rings. The van der Waals surface area contributed by atoms with E-state index in [1.165, 1.54) is 12.1 Å². The van der Waals surface area contributed by atoms with Crippen LogP contribution in [-0.4, -0.2) is 5.78 Å². The third-order valence-corrected chi connectivity index (χ3v) is 3.58. The van der Waals surface area contributed by atoms with Gasteiger partial charge in [-0.3, -0.25) is 4.79 Å². The smallest absolute Gasteiger partial charge is 0.167 e. The zero-order valence-corrected chi connectivity index (χ0v) is 11.7. The molecule has 0 fully saturated rings. The summed E-state index contributed by atoms with van der Waals surface area (Å²) in [5.41, 5.74) is 1.55. The summed E-state index contributed by atoms with van der Waals surface area (Å²) in [6.45, 7) is 1.77. The molecule has 0 aromatic heterocycles. The fourth-order valence-electron chi connectivity index (χ4n) is 1.84. The third-order valence-electron chi connectivity index (χ3n) is 2.93. The lowest BCUT2D eigenvalue weighted by atomic mass is 9.99. The molecule has 4 heteroatoms. The molecule has 0 unspecified atom stereocenters. The molecule has 0 saturated heterocycles. The van der Waals surface area contributed by atoms with Crippen LogP contribution in [0.4, 0.5) is 4.39 Å². The van der Waals surface area contributed by atoms with Crippen LogP contribution < -0.4 is 0 Å². The van der Waals surface area contributed by atoms with E-state index >= 15 is 0 Å². The first kappa shape index (κ1) is 14.0. The summed E-state index contributed by atoms with van der Waals surface area (Å²) < 4.78 is 13.6. The first-order valence-electron chi connectivity index (χ1n) is 5.71. The molecule has 0 aliphatic carbocycles. The lowest BCUT2D eigenvalue weighted by Crippen LogP contribution is -2.07. The first-order valence-corrected chi connectivity index (χ1v) is 6.47. The molecule has 1 nitrogen and oxygen atoms in total. The van der Waals surface area contributed by atoms with E-state index < -0.39 is 5.82 Å². The minimum absolute atomic E-state index is 0.00974. The van der Waals surface area contributed by atoms with E-state index in [2.05, 4.69) is 0 Å². The van der Waals surface area contributed by atoms with Crippen molar-refractivity contribution in [2.75, 3.05) is 0 Å². The van der Waals surface area contributed by atoms with Crippen LogP contribution in [0.15, 0.2) is 36.4 Å². The van der Waals surface area contributed by atoms with Gasteiger partial charge in [-0.2, -0.15) is 0 Å². The van der Waals surface area contributed by atoms with Crippen LogP contribution >= 0.6 is 23.2 Å². The maximum absolute atomic E-state index is 13.6. The maximum atomic E-state index is 13.6. The molecule has 0 amide bonds. The standard InChI is InChI=1S/C15H11Cl2FO/c1-9-12(3-2-4-13(9)17)15(19)7-10-5-6-11(16)8-14(10)18/h2-6,8H,7H2,1H3. The summed E-state index contributed by atoms with van der Waals surface area (Å²) in [7, 11) is 0. The molecule has 2 aromatic carbocycles. The van der Waals surface area contributed by atoms with Gasteiger partial charge >= 0.3 is 0 Å². The molecule has 0 radical (unpaired) electrons. The van der Waals surface area contributed by atoms with Crippen LogP contribution in [0, 0.1) is 12.7 Å². The third kappa shape index (κ3) is 3.14. The average molecular weight is 297 g/mol. The molecule has 98 valence electrons. The Bertz CT molecular complexity index is 638. The predicted molar refractivity (Wildman–Crippen MR) is 75.6 cm³/mol. The van der Waals surface area contributed by atoms with Gasteiger partial charge in [0.05, 0.1) is 0 Å². The first-order chi connectivity index (χ1) is 8.99. The highest BCUT2D eigenvalue weighted by molar-refractivity contribution is 6.32. The molecule has 0 saturated carbocycles. The predicted octanol–water partition coefficient (Wildman–Crippen LogP) is 4.87. The van der Waals surface area contributed by atoms with E-state index in [0.29, 0.717) is 26.7 Å². The van der Waals surface area contributed by atoms with Gasteiger partial charge in [0.25, 0.3) is 0 Å². The molecular formula is C15H11Cl2FO. The fourth-order valence-corrected chi connectivity index (χ4v) is 2.18. The molecule has 19 heavy (non-hydrogen) atoms. The van der Waals surface area contributed by atoms with E-state index in [0.717, 1.165) is 0 Å². The molecule has 0 atom stereocenters. The van der Waals surface area contributed by atoms with Crippen molar-refractivity contribution in [3.8, 4) is 0 Å². The fraction of sp³-hybridized carbons (Fsp3) is 0.133. The molecule has 0 heterocycles. The van der Waals surface area contributed by atoms with E-state index in [1.807, 2.05) is 0 Å². The van der Waals surface area contributed by atoms with Gasteiger partial charge < -0.3 is 0 Å². The van der Waals surface area contributed by atoms with Crippen molar-refractivity contribution in [2.24, 2.45) is 0 Å². The van der Waals surface area contributed by atoms with Crippen LogP contribution in [0.3, 0.4) is 0 Å². The maximum Gasteiger partial charge on any atom is 0.167 e. The van der Waals surface area contributed by atoms with Crippen molar-refractivity contribution in [2.45, 2.75) is 13.3 Å². The van der Waals surface area contributed by atoms with E-state index in [4.69, 9.17) is 23.2 Å². The lowest BCUT2D eigenvalue weighted by Gasteiger charge is -2.07. The molecular weight excluding hydrogens is 286 g/mol. The van der Waals surface area contributed by atoms with Gasteiger partial charge in [0.1, 0.15) is 5.82 Å². The van der Waals surface area contributed by atoms with Gasteiger partial charge in [-0.1, -0.05) is 41.4 Å². The lowest BCUT2D eigenvalue weighted by molar-refractivity contribution is 0.0991. The summed E-state index contributed by atoms with van der Waals surface area (Å²) in [6.07, 6.45) is -0.00974. The van der Waals surface area contributed by atoms with Crippen molar-refractivity contribution in [3.05, 3.63) is 69.0 Å². The van der Waals surface area contributed by atoms with Crippen molar-refractivity contribution < 1.29 is 9.18 Å². The Labute approximate surface area is 121 Å². The monoisotopic (exact) mass is 296 g/mol. The zero-order valence-electron chi connectivity index (χ0n) is 10.2. The van der Waals surface area contributed by atoms with Crippen molar-refractivity contribution in [3.63, 3.8) is 0 Å². The normalized spacial score (nSPS) is 10.5. The second-order valence-corrected chi connectivity index (χ2v) is 5.09. The van der Waals surface area contributed by atoms with Crippen molar-refractivity contribution in [1.82, 2.24) is 0 Å². The van der Waals surface area contributed by atoms with E-state index in [1.54, 1.807) is 31.2 Å². The highest BCUT2D eigenvalue weighted by atomic mass is 35.5. The summed E-state index contributed by atoms with van der Waals surface area (Å²) in [5, 5.41) is 0.843. The van der Waals surface area contributed by atoms with Crippen LogP contribution in [0.1, 0.15) is 21.5 Å². The number of rotatable bonds is 3. The second kappa shape index (κ2) is 5.72. The Morgan fingerprint density at radius 3 is 2.63 bits per heavy atom. The second-order valence-electron chi connectivity index (χ2n) is 4.25. The highest BCUT2D eigenvalue weighted by Crippen LogP contribution is 2.21. The van der Waals surface area contributed by atoms with E-state index in [-0.39, 0.29) is 12.2 Å². The van der Waals surface area contributed by atoms with Gasteiger partial charge in [0.15, 0.2) is 5.78 Å². The summed E-state index contributed by atoms with van der Waals surface area (Å²) in [4.78, 5) is 12.2. The Hall–Kier alpha value is -1.38. The van der Waals surface area contributed by atoms with Crippen LogP contribution in [0.25, 0.3) is 0 Å². The van der Waals surface area contributed by atoms with Crippen LogP contribution in [0.2, 0.25) is 10.0 Å². The SMILES string of the molecule is Cc1c(Cl)cccc1C(=O)Cc1ccc(Cl)cc1F. The summed E-state index contributed by atoms with van der Waals surface area (Å²) in [6, 6.07) is 9.41. The highest BCUT2D eigenvalue weighted by Gasteiger charge is 2.14. The molecule has 0 N–H and O–H groups in total. The minimum atomic E-state index is -0.472. The Kier molecular flexibility index (Phi) is 4.23. The molecule has 0 spiro atoms. The van der Waals surface area contributed by atoms with Gasteiger partial charge in [-0.25, -0.2) is 4.39 Å². The van der Waals surface area contributed by atoms with Gasteiger partial charge in [-0.05, 0) is 36.2 Å². The zero-order chi connectivity index (χ0) is 14.0.